The molecular formula is C12H18O3. The number of hydrogen-bond donors (Lipinski definition) is 2. The second kappa shape index (κ2) is 5.26. The molecule has 84 valence electrons. The standard InChI is InChI=1S/C12H18O3/c1-10-5-3-4-6-11(10)12(7-13,8-14)9-15-2/h3-6,13-14H,7-9H2,1-2H3. The molecule has 0 saturated carbocycles. The van der Waals surface area contributed by atoms with E-state index in [1.54, 1.807) is 7.11 Å². The Morgan fingerprint density at radius 1 is 1.20 bits per heavy atom. The summed E-state index contributed by atoms with van der Waals surface area (Å²) >= 11 is 0. The average Bonchev–Trinajstić information content (AvgIpc) is 2.27. The first-order chi connectivity index (χ1) is 7.20. The summed E-state index contributed by atoms with van der Waals surface area (Å²) in [5, 5.41) is 18.9. The number of aliphatic hydroxyl groups is 2. The van der Waals surface area contributed by atoms with E-state index in [1.165, 1.54) is 0 Å². The number of ether oxygens (including phenoxy) is 1. The molecule has 0 aliphatic rings. The van der Waals surface area contributed by atoms with E-state index in [9.17, 15) is 10.2 Å². The van der Waals surface area contributed by atoms with Crippen LogP contribution < -0.4 is 0 Å². The van der Waals surface area contributed by atoms with Crippen LogP contribution in [0.2, 0.25) is 0 Å². The zero-order chi connectivity index (χ0) is 11.3. The molecule has 15 heavy (non-hydrogen) atoms. The largest absolute Gasteiger partial charge is 0.395 e. The molecule has 0 atom stereocenters. The van der Waals surface area contributed by atoms with Gasteiger partial charge in [-0.2, -0.15) is 0 Å². The number of rotatable bonds is 5. The Bertz CT molecular complexity index is 305. The number of methoxy groups -OCH3 is 1. The van der Waals surface area contributed by atoms with Crippen LogP contribution in [0.3, 0.4) is 0 Å². The third-order valence-electron chi connectivity index (χ3n) is 2.74. The molecule has 0 spiro atoms. The van der Waals surface area contributed by atoms with Gasteiger partial charge in [-0.25, -0.2) is 0 Å². The summed E-state index contributed by atoms with van der Waals surface area (Å²) in [5.41, 5.74) is 1.30. The second-order valence-corrected chi connectivity index (χ2v) is 3.84. The summed E-state index contributed by atoms with van der Waals surface area (Å²) in [6.45, 7) is 2.03. The van der Waals surface area contributed by atoms with Crippen LogP contribution in [-0.2, 0) is 10.2 Å². The summed E-state index contributed by atoms with van der Waals surface area (Å²) < 4.78 is 5.08. The number of benzene rings is 1. The Balaban J connectivity index is 3.13. The molecule has 0 bridgehead atoms. The van der Waals surface area contributed by atoms with E-state index in [2.05, 4.69) is 0 Å². The van der Waals surface area contributed by atoms with E-state index >= 15 is 0 Å². The van der Waals surface area contributed by atoms with Crippen LogP contribution in [0.5, 0.6) is 0 Å². The smallest absolute Gasteiger partial charge is 0.0650 e. The molecule has 0 heterocycles. The van der Waals surface area contributed by atoms with E-state index in [-0.39, 0.29) is 13.2 Å². The highest BCUT2D eigenvalue weighted by Gasteiger charge is 2.32. The van der Waals surface area contributed by atoms with Gasteiger partial charge in [0.1, 0.15) is 0 Å². The van der Waals surface area contributed by atoms with Gasteiger partial charge in [-0.05, 0) is 18.1 Å². The molecule has 0 aliphatic heterocycles. The summed E-state index contributed by atoms with van der Waals surface area (Å²) in [4.78, 5) is 0. The van der Waals surface area contributed by atoms with E-state index < -0.39 is 5.41 Å². The van der Waals surface area contributed by atoms with Crippen LogP contribution in [0, 0.1) is 6.92 Å². The van der Waals surface area contributed by atoms with Crippen LogP contribution in [0.25, 0.3) is 0 Å². The maximum absolute atomic E-state index is 9.45. The molecule has 0 saturated heterocycles. The Morgan fingerprint density at radius 3 is 2.27 bits per heavy atom. The van der Waals surface area contributed by atoms with Crippen molar-refractivity contribution in [2.24, 2.45) is 0 Å². The van der Waals surface area contributed by atoms with Gasteiger partial charge >= 0.3 is 0 Å². The Kier molecular flexibility index (Phi) is 4.27. The van der Waals surface area contributed by atoms with Crippen molar-refractivity contribution in [2.75, 3.05) is 26.9 Å². The molecule has 0 unspecified atom stereocenters. The zero-order valence-corrected chi connectivity index (χ0v) is 9.23. The van der Waals surface area contributed by atoms with Crippen LogP contribution in [0.15, 0.2) is 24.3 Å². The van der Waals surface area contributed by atoms with E-state index in [4.69, 9.17) is 4.74 Å². The van der Waals surface area contributed by atoms with Gasteiger partial charge in [0.25, 0.3) is 0 Å². The predicted octanol–water partition coefficient (Wildman–Crippen LogP) is 0.864. The SMILES string of the molecule is COCC(CO)(CO)c1ccccc1C. The lowest BCUT2D eigenvalue weighted by atomic mass is 9.80. The fourth-order valence-corrected chi connectivity index (χ4v) is 1.83. The molecule has 1 aromatic carbocycles. The van der Waals surface area contributed by atoms with Crippen molar-refractivity contribution >= 4 is 0 Å². The van der Waals surface area contributed by atoms with Gasteiger partial charge in [0.05, 0.1) is 25.2 Å². The van der Waals surface area contributed by atoms with E-state index in [1.807, 2.05) is 31.2 Å². The summed E-state index contributed by atoms with van der Waals surface area (Å²) in [6.07, 6.45) is 0. The molecule has 0 amide bonds. The minimum atomic E-state index is -0.694. The fraction of sp³-hybridized carbons (Fsp3) is 0.500. The van der Waals surface area contributed by atoms with Crippen LogP contribution in [-0.4, -0.2) is 37.1 Å². The lowest BCUT2D eigenvalue weighted by Crippen LogP contribution is -2.40. The van der Waals surface area contributed by atoms with Gasteiger partial charge in [0.15, 0.2) is 0 Å². The maximum atomic E-state index is 9.45. The van der Waals surface area contributed by atoms with Gasteiger partial charge in [-0.15, -0.1) is 0 Å². The van der Waals surface area contributed by atoms with Crippen LogP contribution in [0.4, 0.5) is 0 Å². The van der Waals surface area contributed by atoms with Crippen molar-refractivity contribution in [1.82, 2.24) is 0 Å². The topological polar surface area (TPSA) is 49.7 Å². The minimum absolute atomic E-state index is 0.123. The molecule has 2 N–H and O–H groups in total. The van der Waals surface area contributed by atoms with Crippen molar-refractivity contribution in [3.05, 3.63) is 35.4 Å². The fourth-order valence-electron chi connectivity index (χ4n) is 1.83. The van der Waals surface area contributed by atoms with Gasteiger partial charge < -0.3 is 14.9 Å². The van der Waals surface area contributed by atoms with Gasteiger partial charge in [-0.3, -0.25) is 0 Å². The summed E-state index contributed by atoms with van der Waals surface area (Å²) in [5.74, 6) is 0. The lowest BCUT2D eigenvalue weighted by Gasteiger charge is -2.30. The molecule has 1 aromatic rings. The molecule has 0 radical (unpaired) electrons. The highest BCUT2D eigenvalue weighted by Crippen LogP contribution is 2.26. The normalized spacial score (nSPS) is 11.7. The minimum Gasteiger partial charge on any atom is -0.395 e. The highest BCUT2D eigenvalue weighted by atomic mass is 16.5. The molecular weight excluding hydrogens is 192 g/mol. The Labute approximate surface area is 90.3 Å². The summed E-state index contributed by atoms with van der Waals surface area (Å²) in [7, 11) is 1.57. The molecule has 0 aliphatic carbocycles. The van der Waals surface area contributed by atoms with Gasteiger partial charge in [0.2, 0.25) is 0 Å². The first kappa shape index (κ1) is 12.2. The Morgan fingerprint density at radius 2 is 1.80 bits per heavy atom. The van der Waals surface area contributed by atoms with Gasteiger partial charge in [0, 0.05) is 7.11 Å². The van der Waals surface area contributed by atoms with Gasteiger partial charge in [-0.1, -0.05) is 24.3 Å². The third-order valence-corrected chi connectivity index (χ3v) is 2.74. The average molecular weight is 210 g/mol. The third kappa shape index (κ3) is 2.37. The maximum Gasteiger partial charge on any atom is 0.0650 e. The monoisotopic (exact) mass is 210 g/mol. The number of aliphatic hydroxyl groups excluding tert-OH is 2. The van der Waals surface area contributed by atoms with Crippen molar-refractivity contribution in [3.8, 4) is 0 Å². The quantitative estimate of drug-likeness (QED) is 0.758. The van der Waals surface area contributed by atoms with Crippen LogP contribution >= 0.6 is 0 Å². The molecule has 0 fully saturated rings. The Hall–Kier alpha value is -0.900. The lowest BCUT2D eigenvalue weighted by molar-refractivity contribution is 0.0415. The first-order valence-electron chi connectivity index (χ1n) is 4.97. The highest BCUT2D eigenvalue weighted by molar-refractivity contribution is 5.34. The predicted molar refractivity (Wildman–Crippen MR) is 58.9 cm³/mol. The number of aryl methyl sites for hydroxylation is 1. The van der Waals surface area contributed by atoms with Crippen LogP contribution in [0.1, 0.15) is 11.1 Å². The second-order valence-electron chi connectivity index (χ2n) is 3.84. The number of hydrogen-bond acceptors (Lipinski definition) is 3. The van der Waals surface area contributed by atoms with Crippen molar-refractivity contribution in [3.63, 3.8) is 0 Å². The van der Waals surface area contributed by atoms with E-state index in [0.717, 1.165) is 11.1 Å². The van der Waals surface area contributed by atoms with Crippen molar-refractivity contribution < 1.29 is 14.9 Å². The summed E-state index contributed by atoms with van der Waals surface area (Å²) in [6, 6.07) is 7.72. The van der Waals surface area contributed by atoms with Crippen molar-refractivity contribution in [2.45, 2.75) is 12.3 Å². The molecule has 0 aromatic heterocycles. The first-order valence-corrected chi connectivity index (χ1v) is 4.97. The molecule has 3 nitrogen and oxygen atoms in total. The van der Waals surface area contributed by atoms with E-state index in [0.29, 0.717) is 6.61 Å². The zero-order valence-electron chi connectivity index (χ0n) is 9.23. The molecule has 1 rings (SSSR count). The van der Waals surface area contributed by atoms with Crippen molar-refractivity contribution in [1.29, 1.82) is 0 Å². The molecule has 3 heteroatoms.